The molecule has 3 rings (SSSR count). The zero-order valence-electron chi connectivity index (χ0n) is 13.1. The van der Waals surface area contributed by atoms with Crippen LogP contribution in [0.3, 0.4) is 0 Å². The molecule has 0 spiro atoms. The van der Waals surface area contributed by atoms with Crippen LogP contribution >= 0.6 is 22.6 Å². The summed E-state index contributed by atoms with van der Waals surface area (Å²) in [6, 6.07) is 10.4. The minimum atomic E-state index is -0.682. The predicted octanol–water partition coefficient (Wildman–Crippen LogP) is 3.34. The molecule has 0 bridgehead atoms. The number of nitrogens with zero attached hydrogens (tertiary/aromatic N) is 2. The molecule has 7 heteroatoms. The van der Waals surface area contributed by atoms with E-state index in [1.807, 2.05) is 28.7 Å². The molecule has 1 atom stereocenters. The Hall–Kier alpha value is -2.55. The number of aromatic nitrogens is 1. The Balaban J connectivity index is 1.59. The average molecular weight is 447 g/mol. The maximum Gasteiger partial charge on any atom is 0.268 e. The fourth-order valence-electron chi connectivity index (χ4n) is 2.32. The lowest BCUT2D eigenvalue weighted by Crippen LogP contribution is -2.28. The maximum absolute atomic E-state index is 12.3. The van der Waals surface area contributed by atoms with Gasteiger partial charge < -0.3 is 10.2 Å². The summed E-state index contributed by atoms with van der Waals surface area (Å²) in [6.07, 6.45) is 4.54. The SMILES string of the molecule is O=C(/C=C/I)c1ccc(NC(=O)C2CC(c3cccnc3)=NO2)cc1. The smallest absolute Gasteiger partial charge is 0.268 e. The minimum absolute atomic E-state index is 0.0825. The van der Waals surface area contributed by atoms with Crippen LogP contribution in [0.2, 0.25) is 0 Å². The second-order valence-electron chi connectivity index (χ2n) is 5.30. The van der Waals surface area contributed by atoms with Gasteiger partial charge >= 0.3 is 0 Å². The molecule has 25 heavy (non-hydrogen) atoms. The van der Waals surface area contributed by atoms with Crippen molar-refractivity contribution >= 4 is 45.7 Å². The van der Waals surface area contributed by atoms with Crippen molar-refractivity contribution in [3.8, 4) is 0 Å². The van der Waals surface area contributed by atoms with Gasteiger partial charge in [-0.2, -0.15) is 0 Å². The highest BCUT2D eigenvalue weighted by molar-refractivity contribution is 14.1. The van der Waals surface area contributed by atoms with Gasteiger partial charge in [-0.3, -0.25) is 14.6 Å². The van der Waals surface area contributed by atoms with Crippen LogP contribution in [0, 0.1) is 0 Å². The van der Waals surface area contributed by atoms with Crippen molar-refractivity contribution in [3.63, 3.8) is 0 Å². The number of halogens is 1. The Morgan fingerprint density at radius 2 is 2.04 bits per heavy atom. The summed E-state index contributed by atoms with van der Waals surface area (Å²) in [5, 5.41) is 6.74. The second kappa shape index (κ2) is 8.02. The summed E-state index contributed by atoms with van der Waals surface area (Å²) in [5.74, 6) is -0.366. The van der Waals surface area contributed by atoms with Crippen LogP contribution in [0.5, 0.6) is 0 Å². The van der Waals surface area contributed by atoms with E-state index in [2.05, 4.69) is 15.5 Å². The molecule has 1 aliphatic rings. The van der Waals surface area contributed by atoms with E-state index >= 15 is 0 Å². The number of benzene rings is 1. The van der Waals surface area contributed by atoms with Crippen molar-refractivity contribution in [1.82, 2.24) is 4.98 Å². The number of oxime groups is 1. The molecule has 0 radical (unpaired) electrons. The average Bonchev–Trinajstić information content (AvgIpc) is 3.13. The highest BCUT2D eigenvalue weighted by Gasteiger charge is 2.29. The van der Waals surface area contributed by atoms with Crippen LogP contribution in [0.25, 0.3) is 0 Å². The first-order valence-corrected chi connectivity index (χ1v) is 8.77. The summed E-state index contributed by atoms with van der Waals surface area (Å²) in [5.41, 5.74) is 2.69. The molecule has 2 aromatic rings. The number of carbonyl (C=O) groups excluding carboxylic acids is 2. The summed E-state index contributed by atoms with van der Waals surface area (Å²) in [4.78, 5) is 33.3. The van der Waals surface area contributed by atoms with Crippen molar-refractivity contribution in [3.05, 3.63) is 70.1 Å². The van der Waals surface area contributed by atoms with Crippen LogP contribution < -0.4 is 5.32 Å². The van der Waals surface area contributed by atoms with Crippen LogP contribution in [0.15, 0.2) is 64.1 Å². The van der Waals surface area contributed by atoms with Crippen molar-refractivity contribution < 1.29 is 14.4 Å². The number of hydrogen-bond donors (Lipinski definition) is 1. The summed E-state index contributed by atoms with van der Waals surface area (Å²) < 4.78 is 1.66. The maximum atomic E-state index is 12.3. The van der Waals surface area contributed by atoms with E-state index in [0.717, 1.165) is 5.56 Å². The standard InChI is InChI=1S/C18H14IN3O3/c19-8-7-16(23)12-3-5-14(6-4-12)21-18(24)17-10-15(22-25-17)13-2-1-9-20-11-13/h1-9,11,17H,10H2,(H,21,24)/b8-7+. The van der Waals surface area contributed by atoms with E-state index in [-0.39, 0.29) is 11.7 Å². The summed E-state index contributed by atoms with van der Waals surface area (Å²) in [6.45, 7) is 0. The highest BCUT2D eigenvalue weighted by atomic mass is 127. The van der Waals surface area contributed by atoms with E-state index < -0.39 is 6.10 Å². The molecule has 0 aliphatic carbocycles. The molecular weight excluding hydrogens is 433 g/mol. The first-order valence-electron chi connectivity index (χ1n) is 7.52. The fourth-order valence-corrected chi connectivity index (χ4v) is 2.64. The van der Waals surface area contributed by atoms with E-state index in [1.54, 1.807) is 46.8 Å². The molecule has 2 heterocycles. The lowest BCUT2D eigenvalue weighted by molar-refractivity contribution is -0.125. The molecule has 1 aromatic heterocycles. The molecule has 1 unspecified atom stereocenters. The van der Waals surface area contributed by atoms with Crippen LogP contribution in [-0.4, -0.2) is 28.5 Å². The monoisotopic (exact) mass is 447 g/mol. The molecule has 126 valence electrons. The van der Waals surface area contributed by atoms with E-state index in [1.165, 1.54) is 6.08 Å². The Morgan fingerprint density at radius 3 is 2.72 bits per heavy atom. The number of allylic oxidation sites excluding steroid dienone is 1. The van der Waals surface area contributed by atoms with E-state index in [4.69, 9.17) is 4.84 Å². The van der Waals surface area contributed by atoms with Gasteiger partial charge in [0.15, 0.2) is 5.78 Å². The molecule has 1 amide bonds. The van der Waals surface area contributed by atoms with Gasteiger partial charge in [0.1, 0.15) is 0 Å². The zero-order chi connectivity index (χ0) is 17.6. The van der Waals surface area contributed by atoms with Crippen LogP contribution in [0.1, 0.15) is 22.3 Å². The lowest BCUT2D eigenvalue weighted by atomic mass is 10.1. The number of hydrogen-bond acceptors (Lipinski definition) is 5. The van der Waals surface area contributed by atoms with Crippen molar-refractivity contribution in [1.29, 1.82) is 0 Å². The molecule has 1 N–H and O–H groups in total. The molecule has 0 saturated heterocycles. The Morgan fingerprint density at radius 1 is 1.24 bits per heavy atom. The van der Waals surface area contributed by atoms with Crippen molar-refractivity contribution in [2.75, 3.05) is 5.32 Å². The molecule has 0 fully saturated rings. The van der Waals surface area contributed by atoms with Gasteiger partial charge in [-0.25, -0.2) is 0 Å². The number of pyridine rings is 1. The first-order chi connectivity index (χ1) is 12.2. The van der Waals surface area contributed by atoms with Gasteiger partial charge in [0.2, 0.25) is 6.10 Å². The van der Waals surface area contributed by atoms with E-state index in [0.29, 0.717) is 23.4 Å². The number of ketones is 1. The van der Waals surface area contributed by atoms with Crippen LogP contribution in [-0.2, 0) is 9.63 Å². The third-order valence-electron chi connectivity index (χ3n) is 3.61. The van der Waals surface area contributed by atoms with Gasteiger partial charge in [-0.05, 0) is 46.6 Å². The largest absolute Gasteiger partial charge is 0.382 e. The molecule has 0 saturated carbocycles. The quantitative estimate of drug-likeness (QED) is 0.433. The third-order valence-corrected chi connectivity index (χ3v) is 3.97. The highest BCUT2D eigenvalue weighted by Crippen LogP contribution is 2.18. The van der Waals surface area contributed by atoms with Gasteiger partial charge in [0.25, 0.3) is 5.91 Å². The molecule has 1 aromatic carbocycles. The number of amides is 1. The Labute approximate surface area is 158 Å². The van der Waals surface area contributed by atoms with E-state index in [9.17, 15) is 9.59 Å². The number of nitrogens with one attached hydrogen (secondary N) is 1. The zero-order valence-corrected chi connectivity index (χ0v) is 15.2. The second-order valence-corrected chi connectivity index (χ2v) is 6.02. The van der Waals surface area contributed by atoms with Gasteiger partial charge in [0, 0.05) is 35.6 Å². The van der Waals surface area contributed by atoms with Gasteiger partial charge in [0.05, 0.1) is 5.71 Å². The lowest BCUT2D eigenvalue weighted by Gasteiger charge is -2.09. The number of anilines is 1. The molecule has 6 nitrogen and oxygen atoms in total. The normalized spacial score (nSPS) is 16.4. The summed E-state index contributed by atoms with van der Waals surface area (Å²) in [7, 11) is 0. The van der Waals surface area contributed by atoms with Crippen LogP contribution in [0.4, 0.5) is 5.69 Å². The number of carbonyl (C=O) groups is 2. The topological polar surface area (TPSA) is 80.7 Å². The third kappa shape index (κ3) is 4.30. The fraction of sp³-hybridized carbons (Fsp3) is 0.111. The molecular formula is C18H14IN3O3. The number of rotatable bonds is 5. The first kappa shape index (κ1) is 17.3. The summed E-state index contributed by atoms with van der Waals surface area (Å²) >= 11 is 1.99. The van der Waals surface area contributed by atoms with Gasteiger partial charge in [-0.15, -0.1) is 0 Å². The predicted molar refractivity (Wildman–Crippen MR) is 103 cm³/mol. The Bertz CT molecular complexity index is 832. The van der Waals surface area contributed by atoms with Crippen molar-refractivity contribution in [2.24, 2.45) is 5.16 Å². The Kier molecular flexibility index (Phi) is 5.54. The molecule has 1 aliphatic heterocycles. The van der Waals surface area contributed by atoms with Crippen molar-refractivity contribution in [2.45, 2.75) is 12.5 Å². The minimum Gasteiger partial charge on any atom is -0.382 e. The van der Waals surface area contributed by atoms with Gasteiger partial charge in [-0.1, -0.05) is 27.7 Å².